The van der Waals surface area contributed by atoms with E-state index in [1.165, 1.54) is 27.1 Å². The molecule has 0 saturated carbocycles. The number of hydrogen-bond donors (Lipinski definition) is 0. The molecule has 2 heterocycles. The van der Waals surface area contributed by atoms with Gasteiger partial charge in [0.1, 0.15) is 5.52 Å². The summed E-state index contributed by atoms with van der Waals surface area (Å²) in [5.74, 6) is 0.683. The Kier molecular flexibility index (Phi) is 6.14. The first-order valence-corrected chi connectivity index (χ1v) is 15.5. The van der Waals surface area contributed by atoms with Crippen LogP contribution in [0.25, 0.3) is 88.4 Å². The van der Waals surface area contributed by atoms with Gasteiger partial charge >= 0.3 is 0 Å². The van der Waals surface area contributed by atoms with Crippen molar-refractivity contribution in [2.45, 2.75) is 0 Å². The summed E-state index contributed by atoms with van der Waals surface area (Å²) in [6, 6.07) is 57.4. The third kappa shape index (κ3) is 4.49. The Bertz CT molecular complexity index is 2560. The quantitative estimate of drug-likeness (QED) is 0.193. The van der Waals surface area contributed by atoms with Gasteiger partial charge in [0.25, 0.3) is 0 Å². The molecule has 0 aliphatic carbocycles. The Morgan fingerprint density at radius 1 is 0.304 bits per heavy atom. The Balaban J connectivity index is 1.18. The number of nitrogens with zero attached hydrogens (tertiary/aromatic N) is 3. The van der Waals surface area contributed by atoms with Crippen molar-refractivity contribution in [2.75, 3.05) is 0 Å². The molecular weight excluding hydrogens is 558 g/mol. The fourth-order valence-electron chi connectivity index (χ4n) is 6.49. The van der Waals surface area contributed by atoms with Gasteiger partial charge in [-0.1, -0.05) is 146 Å². The Morgan fingerprint density at radius 3 is 1.74 bits per heavy atom. The van der Waals surface area contributed by atoms with Crippen molar-refractivity contribution >= 4 is 43.4 Å². The van der Waals surface area contributed by atoms with Crippen LogP contribution in [0.15, 0.2) is 164 Å². The fourth-order valence-corrected chi connectivity index (χ4v) is 6.49. The molecule has 0 atom stereocenters. The van der Waals surface area contributed by atoms with Crippen molar-refractivity contribution in [1.82, 2.24) is 15.0 Å². The minimum atomic E-state index is 0.683. The minimum absolute atomic E-state index is 0.683. The van der Waals surface area contributed by atoms with E-state index in [1.807, 2.05) is 24.3 Å². The highest BCUT2D eigenvalue weighted by atomic mass is 14.9. The molecule has 0 spiro atoms. The van der Waals surface area contributed by atoms with E-state index < -0.39 is 0 Å². The van der Waals surface area contributed by atoms with Crippen LogP contribution in [-0.4, -0.2) is 15.0 Å². The summed E-state index contributed by atoms with van der Waals surface area (Å²) in [7, 11) is 0. The second-order valence-corrected chi connectivity index (χ2v) is 11.7. The first kappa shape index (κ1) is 26.2. The molecule has 7 aromatic carbocycles. The highest BCUT2D eigenvalue weighted by Gasteiger charge is 2.15. The summed E-state index contributed by atoms with van der Waals surface area (Å²) in [5.41, 5.74) is 8.99. The molecule has 0 radical (unpaired) electrons. The minimum Gasteiger partial charge on any atom is -0.245 e. The number of fused-ring (bicyclic) bond motifs is 6. The van der Waals surface area contributed by atoms with E-state index in [0.717, 1.165) is 55.4 Å². The van der Waals surface area contributed by atoms with Gasteiger partial charge in [-0.3, -0.25) is 0 Å². The third-order valence-electron chi connectivity index (χ3n) is 8.86. The molecular formula is C43H27N3. The average molecular weight is 586 g/mol. The van der Waals surface area contributed by atoms with Crippen LogP contribution in [0.2, 0.25) is 0 Å². The summed E-state index contributed by atoms with van der Waals surface area (Å²) in [6.07, 6.45) is 0. The van der Waals surface area contributed by atoms with Crippen molar-refractivity contribution in [3.05, 3.63) is 164 Å². The van der Waals surface area contributed by atoms with Gasteiger partial charge in [0.15, 0.2) is 5.82 Å². The average Bonchev–Trinajstić information content (AvgIpc) is 3.14. The highest BCUT2D eigenvalue weighted by molar-refractivity contribution is 6.09. The molecule has 3 heteroatoms. The molecule has 0 fully saturated rings. The fraction of sp³-hybridized carbons (Fsp3) is 0. The molecule has 0 amide bonds. The summed E-state index contributed by atoms with van der Waals surface area (Å²) >= 11 is 0. The maximum Gasteiger partial charge on any atom is 0.160 e. The van der Waals surface area contributed by atoms with Crippen LogP contribution < -0.4 is 0 Å². The maximum absolute atomic E-state index is 5.19. The van der Waals surface area contributed by atoms with Gasteiger partial charge in [0.2, 0.25) is 0 Å². The molecule has 0 bridgehead atoms. The lowest BCUT2D eigenvalue weighted by Crippen LogP contribution is -1.97. The van der Waals surface area contributed by atoms with Crippen LogP contribution in [-0.2, 0) is 0 Å². The lowest BCUT2D eigenvalue weighted by molar-refractivity contribution is 1.23. The predicted octanol–water partition coefficient (Wildman–Crippen LogP) is 11.2. The van der Waals surface area contributed by atoms with Gasteiger partial charge in [0, 0.05) is 27.5 Å². The normalized spacial score (nSPS) is 11.5. The molecule has 0 N–H and O–H groups in total. The molecule has 0 unspecified atom stereocenters. The van der Waals surface area contributed by atoms with Crippen molar-refractivity contribution in [1.29, 1.82) is 0 Å². The van der Waals surface area contributed by atoms with E-state index in [2.05, 4.69) is 140 Å². The summed E-state index contributed by atoms with van der Waals surface area (Å²) in [6.45, 7) is 0. The molecule has 0 aliphatic rings. The standard InChI is InChI=1S/C43H27N3/c1-3-10-30(11-4-1)39-26-23-32-21-25-38-40(31-12-5-2-6-13-31)45-43(46-42(38)41(32)44-39)33-18-15-28(16-19-33)34-22-24-37-35(27-34)20-17-29-9-7-8-14-36(29)37/h1-27H. The zero-order valence-corrected chi connectivity index (χ0v) is 24.9. The number of rotatable bonds is 4. The van der Waals surface area contributed by atoms with Crippen LogP contribution in [0.3, 0.4) is 0 Å². The largest absolute Gasteiger partial charge is 0.245 e. The zero-order valence-electron chi connectivity index (χ0n) is 24.9. The van der Waals surface area contributed by atoms with Gasteiger partial charge < -0.3 is 0 Å². The van der Waals surface area contributed by atoms with Crippen LogP contribution >= 0.6 is 0 Å². The molecule has 46 heavy (non-hydrogen) atoms. The van der Waals surface area contributed by atoms with E-state index in [4.69, 9.17) is 15.0 Å². The highest BCUT2D eigenvalue weighted by Crippen LogP contribution is 2.35. The van der Waals surface area contributed by atoms with E-state index in [0.29, 0.717) is 5.82 Å². The lowest BCUT2D eigenvalue weighted by atomic mass is 9.97. The zero-order chi connectivity index (χ0) is 30.5. The molecule has 9 aromatic rings. The molecule has 2 aromatic heterocycles. The Morgan fingerprint density at radius 2 is 0.913 bits per heavy atom. The van der Waals surface area contributed by atoms with E-state index in [1.54, 1.807) is 0 Å². The monoisotopic (exact) mass is 585 g/mol. The number of aromatic nitrogens is 3. The SMILES string of the molecule is c1ccc(-c2ccc3ccc4c(-c5ccccc5)nc(-c5ccc(-c6ccc7c(ccc8ccccc87)c6)cc5)nc4c3n2)cc1. The van der Waals surface area contributed by atoms with Crippen molar-refractivity contribution in [3.8, 4) is 45.0 Å². The molecule has 214 valence electrons. The summed E-state index contributed by atoms with van der Waals surface area (Å²) in [5, 5.41) is 7.09. The number of hydrogen-bond acceptors (Lipinski definition) is 3. The van der Waals surface area contributed by atoms with E-state index >= 15 is 0 Å². The van der Waals surface area contributed by atoms with E-state index in [9.17, 15) is 0 Å². The smallest absolute Gasteiger partial charge is 0.160 e. The first-order valence-electron chi connectivity index (χ1n) is 15.5. The molecule has 0 aliphatic heterocycles. The third-order valence-corrected chi connectivity index (χ3v) is 8.86. The van der Waals surface area contributed by atoms with Crippen molar-refractivity contribution in [3.63, 3.8) is 0 Å². The van der Waals surface area contributed by atoms with Gasteiger partial charge in [0.05, 0.1) is 16.9 Å². The molecule has 9 rings (SSSR count). The number of benzene rings is 7. The second-order valence-electron chi connectivity index (χ2n) is 11.7. The molecule has 0 saturated heterocycles. The van der Waals surface area contributed by atoms with E-state index in [-0.39, 0.29) is 0 Å². The van der Waals surface area contributed by atoms with Crippen LogP contribution in [0.4, 0.5) is 0 Å². The predicted molar refractivity (Wildman–Crippen MR) is 192 cm³/mol. The molecule has 3 nitrogen and oxygen atoms in total. The van der Waals surface area contributed by atoms with Crippen molar-refractivity contribution in [2.24, 2.45) is 0 Å². The topological polar surface area (TPSA) is 38.7 Å². The van der Waals surface area contributed by atoms with Gasteiger partial charge in [-0.15, -0.1) is 0 Å². The maximum atomic E-state index is 5.19. The van der Waals surface area contributed by atoms with Gasteiger partial charge in [-0.2, -0.15) is 0 Å². The first-order chi connectivity index (χ1) is 22.8. The van der Waals surface area contributed by atoms with Crippen LogP contribution in [0, 0.1) is 0 Å². The van der Waals surface area contributed by atoms with Crippen LogP contribution in [0.5, 0.6) is 0 Å². The number of pyridine rings is 1. The van der Waals surface area contributed by atoms with Crippen LogP contribution in [0.1, 0.15) is 0 Å². The second kappa shape index (κ2) is 10.8. The lowest BCUT2D eigenvalue weighted by Gasteiger charge is -2.12. The summed E-state index contributed by atoms with van der Waals surface area (Å²) in [4.78, 5) is 15.5. The van der Waals surface area contributed by atoms with Gasteiger partial charge in [-0.25, -0.2) is 15.0 Å². The van der Waals surface area contributed by atoms with Gasteiger partial charge in [-0.05, 0) is 50.9 Å². The van der Waals surface area contributed by atoms with Crippen molar-refractivity contribution < 1.29 is 0 Å². The Hall–Kier alpha value is -6.19. The summed E-state index contributed by atoms with van der Waals surface area (Å²) < 4.78 is 0. The Labute approximate surface area is 266 Å².